The molecule has 0 bridgehead atoms. The van der Waals surface area contributed by atoms with Crippen molar-refractivity contribution in [2.75, 3.05) is 13.1 Å². The second-order valence-electron chi connectivity index (χ2n) is 5.57. The Hall–Kier alpha value is -0.870. The normalized spacial score (nSPS) is 17.1. The lowest BCUT2D eigenvalue weighted by molar-refractivity contribution is -0.133. The molecule has 1 aliphatic heterocycles. The van der Waals surface area contributed by atoms with Crippen LogP contribution >= 0.6 is 15.9 Å². The standard InChI is InChI=1S/C16H23BrN2O/c1-12-6-7-14(10-15(12)17)11-18-13(2)16(20)19-8-4-3-5-9-19/h6-7,10,13,18H,3-5,8-9,11H2,1-2H3. The van der Waals surface area contributed by atoms with Crippen molar-refractivity contribution in [1.29, 1.82) is 0 Å². The third-order valence-corrected chi connectivity index (χ3v) is 4.74. The van der Waals surface area contributed by atoms with Gasteiger partial charge in [0.15, 0.2) is 0 Å². The SMILES string of the molecule is Cc1ccc(CNC(C)C(=O)N2CCCCC2)cc1Br. The summed E-state index contributed by atoms with van der Waals surface area (Å²) in [5.74, 6) is 0.232. The molecule has 4 heteroatoms. The summed E-state index contributed by atoms with van der Waals surface area (Å²) in [5.41, 5.74) is 2.42. The molecule has 1 unspecified atom stereocenters. The summed E-state index contributed by atoms with van der Waals surface area (Å²) in [6, 6.07) is 6.19. The zero-order valence-corrected chi connectivity index (χ0v) is 13.9. The number of amides is 1. The fraction of sp³-hybridized carbons (Fsp3) is 0.562. The number of carbonyl (C=O) groups excluding carboxylic acids is 1. The van der Waals surface area contributed by atoms with E-state index in [2.05, 4.69) is 46.4 Å². The first-order valence-corrected chi connectivity index (χ1v) is 8.14. The lowest BCUT2D eigenvalue weighted by Gasteiger charge is -2.29. The average Bonchev–Trinajstić information content (AvgIpc) is 2.48. The highest BCUT2D eigenvalue weighted by molar-refractivity contribution is 9.10. The largest absolute Gasteiger partial charge is 0.341 e. The minimum Gasteiger partial charge on any atom is -0.341 e. The van der Waals surface area contributed by atoms with Crippen LogP contribution in [-0.4, -0.2) is 29.9 Å². The average molecular weight is 339 g/mol. The number of nitrogens with zero attached hydrogens (tertiary/aromatic N) is 1. The van der Waals surface area contributed by atoms with Crippen LogP contribution in [0.3, 0.4) is 0 Å². The molecule has 2 rings (SSSR count). The van der Waals surface area contributed by atoms with Gasteiger partial charge in [0.25, 0.3) is 0 Å². The molecule has 0 saturated carbocycles. The van der Waals surface area contributed by atoms with Gasteiger partial charge >= 0.3 is 0 Å². The van der Waals surface area contributed by atoms with Crippen LogP contribution in [0.2, 0.25) is 0 Å². The minimum absolute atomic E-state index is 0.117. The highest BCUT2D eigenvalue weighted by Gasteiger charge is 2.21. The van der Waals surface area contributed by atoms with E-state index in [1.165, 1.54) is 17.5 Å². The Labute approximate surface area is 129 Å². The van der Waals surface area contributed by atoms with Crippen LogP contribution in [-0.2, 0) is 11.3 Å². The number of nitrogens with one attached hydrogen (secondary N) is 1. The van der Waals surface area contributed by atoms with Crippen molar-refractivity contribution in [2.24, 2.45) is 0 Å². The van der Waals surface area contributed by atoms with E-state index in [1.807, 2.05) is 11.8 Å². The van der Waals surface area contributed by atoms with Gasteiger partial charge in [-0.3, -0.25) is 4.79 Å². The molecule has 110 valence electrons. The van der Waals surface area contributed by atoms with Gasteiger partial charge in [-0.05, 0) is 50.3 Å². The molecular formula is C16H23BrN2O. The van der Waals surface area contributed by atoms with Crippen molar-refractivity contribution in [3.8, 4) is 0 Å². The number of aryl methyl sites for hydroxylation is 1. The summed E-state index contributed by atoms with van der Waals surface area (Å²) in [6.45, 7) is 6.59. The number of hydrogen-bond donors (Lipinski definition) is 1. The van der Waals surface area contributed by atoms with Crippen molar-refractivity contribution in [1.82, 2.24) is 10.2 Å². The van der Waals surface area contributed by atoms with Crippen molar-refractivity contribution in [3.05, 3.63) is 33.8 Å². The Morgan fingerprint density at radius 2 is 2.05 bits per heavy atom. The molecule has 1 amide bonds. The van der Waals surface area contributed by atoms with E-state index in [1.54, 1.807) is 0 Å². The van der Waals surface area contributed by atoms with Crippen LogP contribution in [0.25, 0.3) is 0 Å². The molecule has 1 heterocycles. The zero-order chi connectivity index (χ0) is 14.5. The number of piperidine rings is 1. The minimum atomic E-state index is -0.117. The van der Waals surface area contributed by atoms with Crippen LogP contribution in [0.15, 0.2) is 22.7 Å². The highest BCUT2D eigenvalue weighted by Crippen LogP contribution is 2.17. The summed E-state index contributed by atoms with van der Waals surface area (Å²) in [5, 5.41) is 3.33. The molecule has 0 radical (unpaired) electrons. The molecule has 1 saturated heterocycles. The number of likely N-dealkylation sites (tertiary alicyclic amines) is 1. The Morgan fingerprint density at radius 3 is 2.70 bits per heavy atom. The summed E-state index contributed by atoms with van der Waals surface area (Å²) in [4.78, 5) is 14.3. The van der Waals surface area contributed by atoms with Gasteiger partial charge < -0.3 is 10.2 Å². The number of rotatable bonds is 4. The first kappa shape index (κ1) is 15.5. The number of carbonyl (C=O) groups is 1. The van der Waals surface area contributed by atoms with Crippen molar-refractivity contribution in [3.63, 3.8) is 0 Å². The molecular weight excluding hydrogens is 316 g/mol. The third kappa shape index (κ3) is 4.06. The Bertz CT molecular complexity index is 470. The lowest BCUT2D eigenvalue weighted by atomic mass is 10.1. The molecule has 1 N–H and O–H groups in total. The molecule has 1 atom stereocenters. The number of hydrogen-bond acceptors (Lipinski definition) is 2. The summed E-state index contributed by atoms with van der Waals surface area (Å²) >= 11 is 3.54. The molecule has 1 aromatic carbocycles. The number of benzene rings is 1. The molecule has 3 nitrogen and oxygen atoms in total. The fourth-order valence-electron chi connectivity index (χ4n) is 2.49. The molecule has 0 spiro atoms. The van der Waals surface area contributed by atoms with E-state index in [-0.39, 0.29) is 11.9 Å². The summed E-state index contributed by atoms with van der Waals surface area (Å²) in [7, 11) is 0. The monoisotopic (exact) mass is 338 g/mol. The molecule has 20 heavy (non-hydrogen) atoms. The van der Waals surface area contributed by atoms with Gasteiger partial charge in [0, 0.05) is 24.1 Å². The van der Waals surface area contributed by atoms with Crippen molar-refractivity contribution >= 4 is 21.8 Å². The Morgan fingerprint density at radius 1 is 1.35 bits per heavy atom. The van der Waals surface area contributed by atoms with Crippen molar-refractivity contribution < 1.29 is 4.79 Å². The molecule has 1 fully saturated rings. The molecule has 1 aliphatic rings. The van der Waals surface area contributed by atoms with E-state index in [0.29, 0.717) is 0 Å². The predicted octanol–water partition coefficient (Wildman–Crippen LogP) is 3.25. The van der Waals surface area contributed by atoms with Gasteiger partial charge in [-0.1, -0.05) is 28.1 Å². The van der Waals surface area contributed by atoms with Crippen LogP contribution in [0, 0.1) is 6.92 Å². The maximum atomic E-state index is 12.3. The van der Waals surface area contributed by atoms with Gasteiger partial charge in [-0.2, -0.15) is 0 Å². The van der Waals surface area contributed by atoms with Crippen LogP contribution < -0.4 is 5.32 Å². The summed E-state index contributed by atoms with van der Waals surface area (Å²) < 4.78 is 1.12. The highest BCUT2D eigenvalue weighted by atomic mass is 79.9. The van der Waals surface area contributed by atoms with E-state index in [4.69, 9.17) is 0 Å². The Kier molecular flexibility index (Phi) is 5.61. The second-order valence-corrected chi connectivity index (χ2v) is 6.43. The van der Waals surface area contributed by atoms with Gasteiger partial charge in [-0.15, -0.1) is 0 Å². The van der Waals surface area contributed by atoms with Gasteiger partial charge in [0.05, 0.1) is 6.04 Å². The van der Waals surface area contributed by atoms with Crippen LogP contribution in [0.1, 0.15) is 37.3 Å². The maximum absolute atomic E-state index is 12.3. The predicted molar refractivity (Wildman–Crippen MR) is 85.6 cm³/mol. The third-order valence-electron chi connectivity index (χ3n) is 3.89. The number of halogens is 1. The second kappa shape index (κ2) is 7.23. The van der Waals surface area contributed by atoms with Crippen molar-refractivity contribution in [2.45, 2.75) is 45.7 Å². The smallest absolute Gasteiger partial charge is 0.239 e. The van der Waals surface area contributed by atoms with E-state index in [9.17, 15) is 4.79 Å². The first-order chi connectivity index (χ1) is 9.58. The lowest BCUT2D eigenvalue weighted by Crippen LogP contribution is -2.46. The quantitative estimate of drug-likeness (QED) is 0.913. The van der Waals surface area contributed by atoms with Gasteiger partial charge in [0.1, 0.15) is 0 Å². The topological polar surface area (TPSA) is 32.3 Å². The first-order valence-electron chi connectivity index (χ1n) is 7.35. The molecule has 0 aromatic heterocycles. The van der Waals surface area contributed by atoms with Crippen LogP contribution in [0.5, 0.6) is 0 Å². The summed E-state index contributed by atoms with van der Waals surface area (Å²) in [6.07, 6.45) is 3.54. The fourth-order valence-corrected chi connectivity index (χ4v) is 2.92. The maximum Gasteiger partial charge on any atom is 0.239 e. The van der Waals surface area contributed by atoms with E-state index in [0.717, 1.165) is 36.9 Å². The molecule has 1 aromatic rings. The van der Waals surface area contributed by atoms with E-state index >= 15 is 0 Å². The molecule has 0 aliphatic carbocycles. The van der Waals surface area contributed by atoms with Crippen LogP contribution in [0.4, 0.5) is 0 Å². The van der Waals surface area contributed by atoms with Gasteiger partial charge in [0.2, 0.25) is 5.91 Å². The zero-order valence-electron chi connectivity index (χ0n) is 12.3. The van der Waals surface area contributed by atoms with Gasteiger partial charge in [-0.25, -0.2) is 0 Å². The van der Waals surface area contributed by atoms with E-state index < -0.39 is 0 Å². The Balaban J connectivity index is 1.85.